The lowest BCUT2D eigenvalue weighted by molar-refractivity contribution is -0.139. The molecule has 8 heteroatoms. The second-order valence-electron chi connectivity index (χ2n) is 5.06. The van der Waals surface area contributed by atoms with E-state index in [1.54, 1.807) is 24.3 Å². The van der Waals surface area contributed by atoms with Gasteiger partial charge in [-0.2, -0.15) is 11.8 Å². The van der Waals surface area contributed by atoms with Crippen molar-refractivity contribution in [3.8, 4) is 0 Å². The van der Waals surface area contributed by atoms with Gasteiger partial charge in [-0.05, 0) is 11.8 Å². The highest BCUT2D eigenvalue weighted by Crippen LogP contribution is 2.06. The number of carbonyl (C=O) groups excluding carboxylic acids is 1. The lowest BCUT2D eigenvalue weighted by Gasteiger charge is -2.14. The van der Waals surface area contributed by atoms with Crippen LogP contribution in [0.15, 0.2) is 41.2 Å². The summed E-state index contributed by atoms with van der Waals surface area (Å²) in [5.41, 5.74) is 0.239. The highest BCUT2D eigenvalue weighted by atomic mass is 32.2. The third-order valence-corrected chi connectivity index (χ3v) is 3.75. The largest absolute Gasteiger partial charge is 0.480 e. The molecule has 1 atom stereocenters. The Kier molecular flexibility index (Phi) is 6.14. The third-order valence-electron chi connectivity index (χ3n) is 3.19. The van der Waals surface area contributed by atoms with Crippen LogP contribution >= 0.6 is 11.8 Å². The number of benzene rings is 1. The lowest BCUT2D eigenvalue weighted by Crippen LogP contribution is -2.43. The van der Waals surface area contributed by atoms with Gasteiger partial charge in [0.2, 0.25) is 0 Å². The van der Waals surface area contributed by atoms with Crippen molar-refractivity contribution in [2.24, 2.45) is 0 Å². The van der Waals surface area contributed by atoms with Gasteiger partial charge in [0.05, 0.1) is 5.75 Å². The van der Waals surface area contributed by atoms with Crippen molar-refractivity contribution in [1.29, 1.82) is 0 Å². The number of carboxylic acid groups (broad SMARTS) is 1. The molecule has 0 aliphatic rings. The summed E-state index contributed by atoms with van der Waals surface area (Å²) in [6.45, 7) is 0. The minimum atomic E-state index is -1.15. The molecule has 0 aliphatic heterocycles. The number of hydrogen-bond donors (Lipinski definition) is 3. The maximum absolute atomic E-state index is 12.3. The molecule has 0 bridgehead atoms. The molecular formula is C16H17N3O4S. The number of aromatic nitrogens is 2. The fourth-order valence-electron chi connectivity index (χ4n) is 2.11. The highest BCUT2D eigenvalue weighted by molar-refractivity contribution is 7.97. The van der Waals surface area contributed by atoms with E-state index < -0.39 is 23.5 Å². The molecule has 24 heavy (non-hydrogen) atoms. The average Bonchev–Trinajstić information content (AvgIpc) is 2.54. The van der Waals surface area contributed by atoms with E-state index in [9.17, 15) is 19.5 Å². The van der Waals surface area contributed by atoms with E-state index in [2.05, 4.69) is 15.3 Å². The number of thioether (sulfide) groups is 1. The second-order valence-corrected chi connectivity index (χ2v) is 5.93. The normalized spacial score (nSPS) is 11.7. The van der Waals surface area contributed by atoms with Crippen LogP contribution < -0.4 is 10.9 Å². The van der Waals surface area contributed by atoms with Crippen LogP contribution in [-0.2, 0) is 17.0 Å². The average molecular weight is 347 g/mol. The summed E-state index contributed by atoms with van der Waals surface area (Å²) in [6, 6.07) is 8.93. The number of aliphatic carboxylic acids is 1. The van der Waals surface area contributed by atoms with Crippen LogP contribution in [0.4, 0.5) is 0 Å². The monoisotopic (exact) mass is 347 g/mol. The first-order chi connectivity index (χ1) is 11.5. The SMILES string of the molecule is CSCc1nc(C(=O)NC(Cc2ccccc2)C(=O)O)cc(=O)[nH]1. The van der Waals surface area contributed by atoms with Crippen molar-refractivity contribution in [2.75, 3.05) is 6.26 Å². The smallest absolute Gasteiger partial charge is 0.326 e. The van der Waals surface area contributed by atoms with Gasteiger partial charge >= 0.3 is 5.97 Å². The predicted molar refractivity (Wildman–Crippen MR) is 91.1 cm³/mol. The predicted octanol–water partition coefficient (Wildman–Crippen LogP) is 1.06. The highest BCUT2D eigenvalue weighted by Gasteiger charge is 2.22. The minimum absolute atomic E-state index is 0.0953. The van der Waals surface area contributed by atoms with Crippen molar-refractivity contribution in [3.05, 3.63) is 63.8 Å². The quantitative estimate of drug-likeness (QED) is 0.690. The van der Waals surface area contributed by atoms with E-state index in [1.165, 1.54) is 11.8 Å². The van der Waals surface area contributed by atoms with Crippen molar-refractivity contribution in [2.45, 2.75) is 18.2 Å². The molecule has 1 aromatic carbocycles. The van der Waals surface area contributed by atoms with Gasteiger partial charge in [0.25, 0.3) is 11.5 Å². The van der Waals surface area contributed by atoms with Gasteiger partial charge in [0, 0.05) is 12.5 Å². The summed E-state index contributed by atoms with van der Waals surface area (Å²) in [7, 11) is 0. The first kappa shape index (κ1) is 17.7. The van der Waals surface area contributed by atoms with Crippen LogP contribution in [0.25, 0.3) is 0 Å². The van der Waals surface area contributed by atoms with Crippen LogP contribution in [0, 0.1) is 0 Å². The molecule has 1 amide bonds. The van der Waals surface area contributed by atoms with Crippen molar-refractivity contribution in [3.63, 3.8) is 0 Å². The van der Waals surface area contributed by atoms with Crippen molar-refractivity contribution in [1.82, 2.24) is 15.3 Å². The minimum Gasteiger partial charge on any atom is -0.480 e. The molecule has 2 rings (SSSR count). The Morgan fingerprint density at radius 1 is 1.33 bits per heavy atom. The summed E-state index contributed by atoms with van der Waals surface area (Å²) < 4.78 is 0. The maximum atomic E-state index is 12.3. The zero-order valence-electron chi connectivity index (χ0n) is 13.0. The van der Waals surface area contributed by atoms with Gasteiger partial charge in [-0.3, -0.25) is 9.59 Å². The van der Waals surface area contributed by atoms with Crippen LogP contribution in [-0.4, -0.2) is 39.2 Å². The summed E-state index contributed by atoms with van der Waals surface area (Å²) in [5, 5.41) is 11.7. The second kappa shape index (κ2) is 8.30. The number of amides is 1. The lowest BCUT2D eigenvalue weighted by atomic mass is 10.1. The van der Waals surface area contributed by atoms with Gasteiger partial charge in [0.1, 0.15) is 17.6 Å². The Labute approximate surface area is 142 Å². The van der Waals surface area contributed by atoms with E-state index >= 15 is 0 Å². The Bertz CT molecular complexity index is 776. The molecule has 0 saturated carbocycles. The standard InChI is InChI=1S/C16H17N3O4S/c1-24-9-13-17-11(8-14(20)19-13)15(21)18-12(16(22)23)7-10-5-3-2-4-6-10/h2-6,8,12H,7,9H2,1H3,(H,18,21)(H,22,23)(H,17,19,20). The van der Waals surface area contributed by atoms with Gasteiger partial charge < -0.3 is 15.4 Å². The van der Waals surface area contributed by atoms with Crippen LogP contribution in [0.1, 0.15) is 21.9 Å². The zero-order valence-corrected chi connectivity index (χ0v) is 13.8. The molecule has 126 valence electrons. The summed E-state index contributed by atoms with van der Waals surface area (Å²) >= 11 is 1.45. The third kappa shape index (κ3) is 4.95. The zero-order chi connectivity index (χ0) is 17.5. The molecule has 0 spiro atoms. The number of carboxylic acids is 1. The summed E-state index contributed by atoms with van der Waals surface area (Å²) in [5.74, 6) is -1.02. The molecule has 1 heterocycles. The number of carbonyl (C=O) groups is 2. The maximum Gasteiger partial charge on any atom is 0.326 e. The number of aromatic amines is 1. The van der Waals surface area contributed by atoms with Crippen LogP contribution in [0.3, 0.4) is 0 Å². The number of nitrogens with one attached hydrogen (secondary N) is 2. The van der Waals surface area contributed by atoms with E-state index in [1.807, 2.05) is 12.3 Å². The molecule has 7 nitrogen and oxygen atoms in total. The van der Waals surface area contributed by atoms with E-state index in [0.717, 1.165) is 11.6 Å². The Morgan fingerprint density at radius 2 is 2.04 bits per heavy atom. The summed E-state index contributed by atoms with van der Waals surface area (Å²) in [6.07, 6.45) is 1.98. The Hall–Kier alpha value is -2.61. The fourth-order valence-corrected chi connectivity index (χ4v) is 2.52. The molecule has 1 aromatic heterocycles. The Morgan fingerprint density at radius 3 is 2.67 bits per heavy atom. The molecule has 0 aliphatic carbocycles. The first-order valence-corrected chi connectivity index (χ1v) is 8.55. The molecule has 1 unspecified atom stereocenters. The van der Waals surface area contributed by atoms with E-state index in [0.29, 0.717) is 11.6 Å². The fraction of sp³-hybridized carbons (Fsp3) is 0.250. The van der Waals surface area contributed by atoms with Crippen molar-refractivity contribution < 1.29 is 14.7 Å². The van der Waals surface area contributed by atoms with E-state index in [4.69, 9.17) is 0 Å². The number of hydrogen-bond acceptors (Lipinski definition) is 5. The van der Waals surface area contributed by atoms with Crippen molar-refractivity contribution >= 4 is 23.6 Å². The molecule has 3 N–H and O–H groups in total. The molecule has 0 radical (unpaired) electrons. The molecule has 2 aromatic rings. The first-order valence-electron chi connectivity index (χ1n) is 7.16. The summed E-state index contributed by atoms with van der Waals surface area (Å²) in [4.78, 5) is 41.9. The topological polar surface area (TPSA) is 112 Å². The van der Waals surface area contributed by atoms with Crippen LogP contribution in [0.2, 0.25) is 0 Å². The molecule has 0 fully saturated rings. The van der Waals surface area contributed by atoms with E-state index in [-0.39, 0.29) is 12.1 Å². The van der Waals surface area contributed by atoms with Gasteiger partial charge in [-0.15, -0.1) is 0 Å². The molecular weight excluding hydrogens is 330 g/mol. The Balaban J connectivity index is 2.16. The number of nitrogens with zero attached hydrogens (tertiary/aromatic N) is 1. The van der Waals surface area contributed by atoms with Gasteiger partial charge in [-0.25, -0.2) is 9.78 Å². The molecule has 0 saturated heterocycles. The van der Waals surface area contributed by atoms with Gasteiger partial charge in [0.15, 0.2) is 0 Å². The number of H-pyrrole nitrogens is 1. The van der Waals surface area contributed by atoms with Crippen LogP contribution in [0.5, 0.6) is 0 Å². The number of rotatable bonds is 7. The van der Waals surface area contributed by atoms with Gasteiger partial charge in [-0.1, -0.05) is 30.3 Å².